The van der Waals surface area contributed by atoms with Gasteiger partial charge >= 0.3 is 5.97 Å². The van der Waals surface area contributed by atoms with Crippen molar-refractivity contribution in [2.75, 3.05) is 22.8 Å². The molecule has 0 aliphatic heterocycles. The van der Waals surface area contributed by atoms with Crippen LogP contribution in [0.2, 0.25) is 5.02 Å². The van der Waals surface area contributed by atoms with E-state index in [1.807, 2.05) is 0 Å². The number of sulfonamides is 1. The highest BCUT2D eigenvalue weighted by Gasteiger charge is 2.24. The SMILES string of the molecule is CCN(c1ccccc1)S(=O)(=O)c1cccc(C(=O)OCC(=O)Nc2ccc(F)cc2Cl)c1. The van der Waals surface area contributed by atoms with Gasteiger partial charge in [-0.05, 0) is 55.5 Å². The Morgan fingerprint density at radius 2 is 1.76 bits per heavy atom. The summed E-state index contributed by atoms with van der Waals surface area (Å²) in [6, 6.07) is 17.4. The lowest BCUT2D eigenvalue weighted by molar-refractivity contribution is -0.119. The molecule has 0 heterocycles. The third kappa shape index (κ3) is 5.88. The number of benzene rings is 3. The van der Waals surface area contributed by atoms with E-state index in [0.29, 0.717) is 5.69 Å². The van der Waals surface area contributed by atoms with Crippen LogP contribution in [0.3, 0.4) is 0 Å². The summed E-state index contributed by atoms with van der Waals surface area (Å²) in [5.41, 5.74) is 0.615. The predicted molar refractivity (Wildman–Crippen MR) is 123 cm³/mol. The monoisotopic (exact) mass is 490 g/mol. The summed E-state index contributed by atoms with van der Waals surface area (Å²) < 4.78 is 45.6. The second kappa shape index (κ2) is 10.5. The van der Waals surface area contributed by atoms with E-state index in [1.54, 1.807) is 37.3 Å². The summed E-state index contributed by atoms with van der Waals surface area (Å²) in [6.07, 6.45) is 0. The van der Waals surface area contributed by atoms with E-state index >= 15 is 0 Å². The molecule has 3 rings (SSSR count). The molecule has 0 aromatic heterocycles. The molecule has 0 saturated carbocycles. The maximum atomic E-state index is 13.1. The molecule has 0 spiro atoms. The lowest BCUT2D eigenvalue weighted by atomic mass is 10.2. The van der Waals surface area contributed by atoms with Gasteiger partial charge in [0.05, 0.1) is 26.9 Å². The second-order valence-corrected chi connectivity index (χ2v) is 9.05. The summed E-state index contributed by atoms with van der Waals surface area (Å²) in [5, 5.41) is 2.40. The number of ether oxygens (including phenoxy) is 1. The highest BCUT2D eigenvalue weighted by atomic mass is 35.5. The fourth-order valence-electron chi connectivity index (χ4n) is 2.99. The van der Waals surface area contributed by atoms with Crippen LogP contribution in [0.5, 0.6) is 0 Å². The molecule has 0 aliphatic carbocycles. The molecule has 172 valence electrons. The zero-order chi connectivity index (χ0) is 24.0. The standard InChI is InChI=1S/C23H20ClFN2O5S/c1-2-27(18-8-4-3-5-9-18)33(30,31)19-10-6-7-16(13-19)23(29)32-15-22(28)26-21-12-11-17(25)14-20(21)24/h3-14H,2,15H2,1H3,(H,26,28). The summed E-state index contributed by atoms with van der Waals surface area (Å²) in [7, 11) is -3.94. The number of nitrogens with zero attached hydrogens (tertiary/aromatic N) is 1. The fourth-order valence-corrected chi connectivity index (χ4v) is 4.72. The number of hydrogen-bond acceptors (Lipinski definition) is 5. The average Bonchev–Trinajstić information content (AvgIpc) is 2.80. The van der Waals surface area contributed by atoms with Gasteiger partial charge in [0.15, 0.2) is 6.61 Å². The van der Waals surface area contributed by atoms with Gasteiger partial charge in [0.1, 0.15) is 5.82 Å². The minimum atomic E-state index is -3.94. The Labute approximate surface area is 195 Å². The Morgan fingerprint density at radius 1 is 1.03 bits per heavy atom. The molecule has 0 radical (unpaired) electrons. The Balaban J connectivity index is 1.70. The number of rotatable bonds is 8. The number of esters is 1. The lowest BCUT2D eigenvalue weighted by Gasteiger charge is -2.23. The molecule has 10 heteroatoms. The van der Waals surface area contributed by atoms with E-state index in [-0.39, 0.29) is 27.7 Å². The van der Waals surface area contributed by atoms with Crippen molar-refractivity contribution >= 4 is 44.9 Å². The van der Waals surface area contributed by atoms with E-state index in [0.717, 1.165) is 12.1 Å². The summed E-state index contributed by atoms with van der Waals surface area (Å²) in [5.74, 6) is -2.13. The van der Waals surface area contributed by atoms with Crippen LogP contribution in [0.15, 0.2) is 77.7 Å². The molecule has 1 amide bonds. The number of carbonyl (C=O) groups is 2. The van der Waals surface area contributed by atoms with Gasteiger partial charge < -0.3 is 10.1 Å². The largest absolute Gasteiger partial charge is 0.452 e. The predicted octanol–water partition coefficient (Wildman–Crippen LogP) is 4.49. The number of nitrogens with one attached hydrogen (secondary N) is 1. The quantitative estimate of drug-likeness (QED) is 0.470. The number of carbonyl (C=O) groups excluding carboxylic acids is 2. The van der Waals surface area contributed by atoms with Gasteiger partial charge in [-0.2, -0.15) is 0 Å². The lowest BCUT2D eigenvalue weighted by Crippen LogP contribution is -2.30. The zero-order valence-corrected chi connectivity index (χ0v) is 19.1. The normalized spacial score (nSPS) is 11.0. The van der Waals surface area contributed by atoms with E-state index in [1.165, 1.54) is 34.6 Å². The van der Waals surface area contributed by atoms with Crippen molar-refractivity contribution in [1.29, 1.82) is 0 Å². The maximum Gasteiger partial charge on any atom is 0.338 e. The van der Waals surface area contributed by atoms with Gasteiger partial charge in [0, 0.05) is 6.54 Å². The van der Waals surface area contributed by atoms with Crippen LogP contribution in [0.25, 0.3) is 0 Å². The smallest absolute Gasteiger partial charge is 0.338 e. The first-order valence-corrected chi connectivity index (χ1v) is 11.6. The number of para-hydroxylation sites is 1. The van der Waals surface area contributed by atoms with Gasteiger partial charge in [0.25, 0.3) is 15.9 Å². The first-order valence-electron chi connectivity index (χ1n) is 9.82. The van der Waals surface area contributed by atoms with Gasteiger partial charge in [-0.25, -0.2) is 17.6 Å². The summed E-state index contributed by atoms with van der Waals surface area (Å²) in [6.45, 7) is 1.25. The van der Waals surface area contributed by atoms with Crippen LogP contribution >= 0.6 is 11.6 Å². The molecule has 0 bridgehead atoms. The molecule has 3 aromatic rings. The molecule has 33 heavy (non-hydrogen) atoms. The van der Waals surface area contributed by atoms with E-state index in [2.05, 4.69) is 5.32 Å². The van der Waals surface area contributed by atoms with Crippen molar-refractivity contribution in [3.63, 3.8) is 0 Å². The number of hydrogen-bond donors (Lipinski definition) is 1. The second-order valence-electron chi connectivity index (χ2n) is 6.78. The van der Waals surface area contributed by atoms with Crippen LogP contribution in [-0.4, -0.2) is 33.4 Å². The first kappa shape index (κ1) is 24.2. The topological polar surface area (TPSA) is 92.8 Å². The molecule has 0 saturated heterocycles. The molecular weight excluding hydrogens is 471 g/mol. The molecule has 3 aromatic carbocycles. The van der Waals surface area contributed by atoms with Gasteiger partial charge in [-0.3, -0.25) is 9.10 Å². The number of halogens is 2. The van der Waals surface area contributed by atoms with Gasteiger partial charge in [-0.1, -0.05) is 35.9 Å². The molecule has 0 atom stereocenters. The summed E-state index contributed by atoms with van der Waals surface area (Å²) >= 11 is 5.85. The zero-order valence-electron chi connectivity index (χ0n) is 17.5. The van der Waals surface area contributed by atoms with Crippen molar-refractivity contribution in [2.24, 2.45) is 0 Å². The van der Waals surface area contributed by atoms with Crippen LogP contribution in [-0.2, 0) is 19.6 Å². The third-order valence-corrected chi connectivity index (χ3v) is 6.74. The third-order valence-electron chi connectivity index (χ3n) is 4.53. The summed E-state index contributed by atoms with van der Waals surface area (Å²) in [4.78, 5) is 24.4. The van der Waals surface area contributed by atoms with Crippen molar-refractivity contribution < 1.29 is 27.1 Å². The van der Waals surface area contributed by atoms with Gasteiger partial charge in [-0.15, -0.1) is 0 Å². The molecule has 0 aliphatic rings. The van der Waals surface area contributed by atoms with Crippen LogP contribution in [0.1, 0.15) is 17.3 Å². The van der Waals surface area contributed by atoms with Crippen LogP contribution in [0, 0.1) is 5.82 Å². The Hall–Kier alpha value is -3.43. The van der Waals surface area contributed by atoms with Crippen molar-refractivity contribution in [3.05, 3.63) is 89.2 Å². The van der Waals surface area contributed by atoms with Gasteiger partial charge in [0.2, 0.25) is 0 Å². The highest BCUT2D eigenvalue weighted by Crippen LogP contribution is 2.24. The van der Waals surface area contributed by atoms with E-state index in [9.17, 15) is 22.4 Å². The van der Waals surface area contributed by atoms with E-state index in [4.69, 9.17) is 16.3 Å². The Morgan fingerprint density at radius 3 is 2.42 bits per heavy atom. The molecule has 0 fully saturated rings. The van der Waals surface area contributed by atoms with E-state index < -0.39 is 34.3 Å². The van der Waals surface area contributed by atoms with Crippen LogP contribution < -0.4 is 9.62 Å². The Kier molecular flexibility index (Phi) is 7.67. The van der Waals surface area contributed by atoms with Crippen LogP contribution in [0.4, 0.5) is 15.8 Å². The fraction of sp³-hybridized carbons (Fsp3) is 0.130. The van der Waals surface area contributed by atoms with Crippen molar-refractivity contribution in [2.45, 2.75) is 11.8 Å². The average molecular weight is 491 g/mol. The minimum Gasteiger partial charge on any atom is -0.452 e. The molecular formula is C23H20ClFN2O5S. The number of anilines is 2. The number of amides is 1. The highest BCUT2D eigenvalue weighted by molar-refractivity contribution is 7.92. The molecule has 0 unspecified atom stereocenters. The minimum absolute atomic E-state index is 0.00789. The van der Waals surface area contributed by atoms with Crippen molar-refractivity contribution in [3.8, 4) is 0 Å². The maximum absolute atomic E-state index is 13.1. The Bertz CT molecular complexity index is 1270. The molecule has 1 N–H and O–H groups in total. The first-order chi connectivity index (χ1) is 15.7. The van der Waals surface area contributed by atoms with Crippen molar-refractivity contribution in [1.82, 2.24) is 0 Å². The molecule has 7 nitrogen and oxygen atoms in total.